The molecule has 1 aromatic heterocycles. The van der Waals surface area contributed by atoms with Crippen LogP contribution in [0.3, 0.4) is 0 Å². The highest BCUT2D eigenvalue weighted by Crippen LogP contribution is 2.26. The van der Waals surface area contributed by atoms with Gasteiger partial charge in [0.15, 0.2) is 4.47 Å². The van der Waals surface area contributed by atoms with Crippen molar-refractivity contribution in [1.82, 2.24) is 4.98 Å². The number of thiazole rings is 1. The normalized spacial score (nSPS) is 11.5. The molecule has 0 unspecified atom stereocenters. The molecule has 2 aromatic rings. The van der Waals surface area contributed by atoms with Gasteiger partial charge < -0.3 is 5.32 Å². The fourth-order valence-electron chi connectivity index (χ4n) is 1.36. The van der Waals surface area contributed by atoms with Crippen molar-refractivity contribution in [3.8, 4) is 0 Å². The van der Waals surface area contributed by atoms with Gasteiger partial charge >= 0.3 is 0 Å². The van der Waals surface area contributed by atoms with Crippen LogP contribution in [-0.2, 0) is 16.6 Å². The lowest BCUT2D eigenvalue weighted by Crippen LogP contribution is -2.12. The Bertz CT molecular complexity index is 701. The number of aromatic nitrogens is 1. The highest BCUT2D eigenvalue weighted by Gasteiger charge is 2.11. The number of sulfonamides is 1. The third kappa shape index (κ3) is 3.80. The molecule has 2 rings (SSSR count). The van der Waals surface area contributed by atoms with Crippen LogP contribution in [0.25, 0.3) is 0 Å². The number of nitrogens with one attached hydrogen (secondary N) is 1. The van der Waals surface area contributed by atoms with Gasteiger partial charge in [-0.3, -0.25) is 0 Å². The molecule has 0 aliphatic rings. The van der Waals surface area contributed by atoms with E-state index in [-0.39, 0.29) is 4.90 Å². The molecule has 0 radical (unpaired) electrons. The number of hydrogen-bond acceptors (Lipinski definition) is 5. The van der Waals surface area contributed by atoms with E-state index in [0.717, 1.165) is 4.88 Å². The van der Waals surface area contributed by atoms with Crippen LogP contribution in [0.5, 0.6) is 0 Å². The molecule has 1 aromatic carbocycles. The van der Waals surface area contributed by atoms with Crippen LogP contribution in [0.2, 0.25) is 9.49 Å². The predicted octanol–water partition coefficient (Wildman–Crippen LogP) is 2.71. The van der Waals surface area contributed by atoms with E-state index in [1.165, 1.54) is 29.5 Å². The van der Waals surface area contributed by atoms with Crippen LogP contribution in [0, 0.1) is 0 Å². The number of nitrogens with two attached hydrogens (primary N) is 1. The molecule has 0 fully saturated rings. The van der Waals surface area contributed by atoms with E-state index in [0.29, 0.717) is 21.7 Å². The fraction of sp³-hybridized carbons (Fsp3) is 0.100. The van der Waals surface area contributed by atoms with Crippen LogP contribution >= 0.6 is 34.5 Å². The molecular weight excluding hydrogens is 329 g/mol. The summed E-state index contributed by atoms with van der Waals surface area (Å²) in [4.78, 5) is 4.81. The molecule has 0 amide bonds. The molecule has 102 valence electrons. The Balaban J connectivity index is 2.20. The minimum Gasteiger partial charge on any atom is -0.379 e. The summed E-state index contributed by atoms with van der Waals surface area (Å²) < 4.78 is 23.0. The molecular formula is C10H9Cl2N3O2S2. The van der Waals surface area contributed by atoms with Crippen molar-refractivity contribution in [1.29, 1.82) is 0 Å². The molecule has 0 saturated carbocycles. The van der Waals surface area contributed by atoms with E-state index in [9.17, 15) is 8.42 Å². The van der Waals surface area contributed by atoms with Crippen LogP contribution in [0.4, 0.5) is 5.69 Å². The SMILES string of the molecule is NS(=O)(=O)c1ccc(Cl)c(NCc2cnc(Cl)s2)c1. The summed E-state index contributed by atoms with van der Waals surface area (Å²) in [6.45, 7) is 0.443. The number of rotatable bonds is 4. The first-order valence-electron chi connectivity index (χ1n) is 5.02. The number of hydrogen-bond donors (Lipinski definition) is 2. The summed E-state index contributed by atoms with van der Waals surface area (Å²) >= 11 is 13.0. The molecule has 1 heterocycles. The number of halogens is 2. The molecule has 9 heteroatoms. The zero-order chi connectivity index (χ0) is 14.0. The summed E-state index contributed by atoms with van der Waals surface area (Å²) in [6.07, 6.45) is 1.64. The van der Waals surface area contributed by atoms with Gasteiger partial charge in [-0.2, -0.15) is 0 Å². The molecule has 5 nitrogen and oxygen atoms in total. The van der Waals surface area contributed by atoms with E-state index in [1.54, 1.807) is 6.20 Å². The Kier molecular flexibility index (Phi) is 4.32. The van der Waals surface area contributed by atoms with E-state index in [1.807, 2.05) is 0 Å². The van der Waals surface area contributed by atoms with Gasteiger partial charge in [-0.05, 0) is 18.2 Å². The maximum absolute atomic E-state index is 11.3. The Morgan fingerprint density at radius 2 is 2.11 bits per heavy atom. The molecule has 19 heavy (non-hydrogen) atoms. The minimum atomic E-state index is -3.75. The van der Waals surface area contributed by atoms with E-state index < -0.39 is 10.0 Å². The Labute approximate surface area is 124 Å². The third-order valence-electron chi connectivity index (χ3n) is 2.24. The van der Waals surface area contributed by atoms with Gasteiger partial charge in [0.1, 0.15) is 0 Å². The van der Waals surface area contributed by atoms with Crippen LogP contribution in [0.15, 0.2) is 29.3 Å². The maximum Gasteiger partial charge on any atom is 0.238 e. The van der Waals surface area contributed by atoms with E-state index in [4.69, 9.17) is 28.3 Å². The van der Waals surface area contributed by atoms with Crippen molar-refractivity contribution >= 4 is 50.2 Å². The molecule has 0 aliphatic heterocycles. The Morgan fingerprint density at radius 1 is 1.37 bits per heavy atom. The maximum atomic E-state index is 11.3. The first kappa shape index (κ1) is 14.5. The number of anilines is 1. The lowest BCUT2D eigenvalue weighted by molar-refractivity contribution is 0.598. The third-order valence-corrected chi connectivity index (χ3v) is 4.60. The second kappa shape index (κ2) is 5.64. The predicted molar refractivity (Wildman–Crippen MR) is 77.3 cm³/mol. The Morgan fingerprint density at radius 3 is 2.68 bits per heavy atom. The van der Waals surface area contributed by atoms with Crippen molar-refractivity contribution < 1.29 is 8.42 Å². The lowest BCUT2D eigenvalue weighted by Gasteiger charge is -2.08. The molecule has 0 spiro atoms. The highest BCUT2D eigenvalue weighted by atomic mass is 35.5. The molecule has 0 aliphatic carbocycles. The molecule has 0 bridgehead atoms. The van der Waals surface area contributed by atoms with Gasteiger partial charge in [-0.1, -0.05) is 23.2 Å². The summed E-state index contributed by atoms with van der Waals surface area (Å²) in [7, 11) is -3.75. The van der Waals surface area contributed by atoms with Gasteiger partial charge in [0.05, 0.1) is 22.2 Å². The topological polar surface area (TPSA) is 85.1 Å². The van der Waals surface area contributed by atoms with Crippen LogP contribution in [0.1, 0.15) is 4.88 Å². The summed E-state index contributed by atoms with van der Waals surface area (Å²) in [6, 6.07) is 4.22. The van der Waals surface area contributed by atoms with E-state index in [2.05, 4.69) is 10.3 Å². The monoisotopic (exact) mass is 337 g/mol. The first-order valence-corrected chi connectivity index (χ1v) is 8.14. The molecule has 0 saturated heterocycles. The quantitative estimate of drug-likeness (QED) is 0.898. The zero-order valence-electron chi connectivity index (χ0n) is 9.43. The van der Waals surface area contributed by atoms with Gasteiger partial charge in [-0.15, -0.1) is 11.3 Å². The summed E-state index contributed by atoms with van der Waals surface area (Å²) in [5.41, 5.74) is 0.484. The van der Waals surface area contributed by atoms with Gasteiger partial charge in [0.25, 0.3) is 0 Å². The smallest absolute Gasteiger partial charge is 0.238 e. The van der Waals surface area contributed by atoms with Gasteiger partial charge in [0.2, 0.25) is 10.0 Å². The molecule has 3 N–H and O–H groups in total. The second-order valence-electron chi connectivity index (χ2n) is 3.62. The number of primary sulfonamides is 1. The van der Waals surface area contributed by atoms with Crippen molar-refractivity contribution in [2.75, 3.05) is 5.32 Å². The average Bonchev–Trinajstić information content (AvgIpc) is 2.72. The van der Waals surface area contributed by atoms with E-state index >= 15 is 0 Å². The van der Waals surface area contributed by atoms with Crippen molar-refractivity contribution in [2.45, 2.75) is 11.4 Å². The number of nitrogens with zero attached hydrogens (tertiary/aromatic N) is 1. The lowest BCUT2D eigenvalue weighted by atomic mass is 10.3. The zero-order valence-corrected chi connectivity index (χ0v) is 12.6. The first-order chi connectivity index (χ1) is 8.86. The summed E-state index contributed by atoms with van der Waals surface area (Å²) in [5.74, 6) is 0. The van der Waals surface area contributed by atoms with Crippen molar-refractivity contribution in [2.24, 2.45) is 5.14 Å². The van der Waals surface area contributed by atoms with Crippen molar-refractivity contribution in [3.63, 3.8) is 0 Å². The highest BCUT2D eigenvalue weighted by molar-refractivity contribution is 7.89. The standard InChI is InChI=1S/C10H9Cl2N3O2S2/c11-8-2-1-7(19(13,16)17)3-9(8)14-4-6-5-15-10(12)18-6/h1-3,5,14H,4H2,(H2,13,16,17). The largest absolute Gasteiger partial charge is 0.379 e. The average molecular weight is 338 g/mol. The van der Waals surface area contributed by atoms with Crippen LogP contribution in [-0.4, -0.2) is 13.4 Å². The van der Waals surface area contributed by atoms with Crippen LogP contribution < -0.4 is 10.5 Å². The number of benzene rings is 1. The van der Waals surface area contributed by atoms with Crippen molar-refractivity contribution in [3.05, 3.63) is 38.8 Å². The minimum absolute atomic E-state index is 0.00161. The van der Waals surface area contributed by atoms with Gasteiger partial charge in [-0.25, -0.2) is 18.5 Å². The summed E-state index contributed by atoms with van der Waals surface area (Å²) in [5, 5.41) is 8.48. The van der Waals surface area contributed by atoms with Gasteiger partial charge in [0, 0.05) is 11.1 Å². The molecule has 0 atom stereocenters. The second-order valence-corrected chi connectivity index (χ2v) is 7.29. The fourth-order valence-corrected chi connectivity index (χ4v) is 3.01. The Hall–Kier alpha value is -0.860.